The molecular weight excluding hydrogens is 265 g/mol. The zero-order valence-electron chi connectivity index (χ0n) is 10.2. The molecule has 3 aromatic heterocycles. The van der Waals surface area contributed by atoms with E-state index in [0.29, 0.717) is 11.4 Å². The molecule has 20 heavy (non-hydrogen) atoms. The lowest BCUT2D eigenvalue weighted by Gasteiger charge is -1.89. The Morgan fingerprint density at radius 3 is 2.40 bits per heavy atom. The van der Waals surface area contributed by atoms with Crippen molar-refractivity contribution in [2.75, 3.05) is 7.11 Å². The molecule has 0 saturated heterocycles. The highest BCUT2D eigenvalue weighted by Gasteiger charge is 2.18. The summed E-state index contributed by atoms with van der Waals surface area (Å²) in [6.45, 7) is 0. The third-order valence-electron chi connectivity index (χ3n) is 2.36. The van der Waals surface area contributed by atoms with E-state index < -0.39 is 5.97 Å². The maximum Gasteiger partial charge on any atom is 0.360 e. The van der Waals surface area contributed by atoms with Crippen LogP contribution in [0.4, 0.5) is 0 Å². The molecule has 0 N–H and O–H groups in total. The minimum Gasteiger partial charge on any atom is -0.464 e. The first-order valence-corrected chi connectivity index (χ1v) is 5.38. The Kier molecular flexibility index (Phi) is 2.86. The fourth-order valence-corrected chi connectivity index (χ4v) is 1.47. The van der Waals surface area contributed by atoms with Crippen molar-refractivity contribution in [3.63, 3.8) is 0 Å². The van der Waals surface area contributed by atoms with Crippen molar-refractivity contribution in [3.8, 4) is 23.2 Å². The van der Waals surface area contributed by atoms with Crippen LogP contribution in [0.15, 0.2) is 32.0 Å². The van der Waals surface area contributed by atoms with Crippen molar-refractivity contribution in [2.45, 2.75) is 0 Å². The summed E-state index contributed by atoms with van der Waals surface area (Å²) in [4.78, 5) is 23.2. The highest BCUT2D eigenvalue weighted by atomic mass is 16.5. The molecule has 2 radical (unpaired) electrons. The van der Waals surface area contributed by atoms with Crippen LogP contribution in [0.1, 0.15) is 10.5 Å². The second-order valence-corrected chi connectivity index (χ2v) is 3.64. The predicted octanol–water partition coefficient (Wildman–Crippen LogP) is 0.565. The first kappa shape index (κ1) is 12.2. The van der Waals surface area contributed by atoms with Gasteiger partial charge in [-0.3, -0.25) is 0 Å². The summed E-state index contributed by atoms with van der Waals surface area (Å²) >= 11 is 0. The lowest BCUT2D eigenvalue weighted by Crippen LogP contribution is -2.01. The quantitative estimate of drug-likeness (QED) is 0.502. The van der Waals surface area contributed by atoms with Gasteiger partial charge >= 0.3 is 5.97 Å². The molecular formula is C11H6BN3O5. The molecule has 0 aliphatic carbocycles. The average molecular weight is 271 g/mol. The molecule has 0 bridgehead atoms. The molecule has 0 amide bonds. The van der Waals surface area contributed by atoms with Crippen molar-refractivity contribution < 1.29 is 22.8 Å². The van der Waals surface area contributed by atoms with Crippen molar-refractivity contribution in [1.29, 1.82) is 0 Å². The van der Waals surface area contributed by atoms with Gasteiger partial charge in [0, 0.05) is 0 Å². The SMILES string of the molecule is [B]c1nc(-c2nc(-c3nc(C(=O)OC)co3)co2)co1. The largest absolute Gasteiger partial charge is 0.464 e. The third-order valence-corrected chi connectivity index (χ3v) is 2.36. The number of methoxy groups -OCH3 is 1. The Balaban J connectivity index is 1.90. The molecule has 3 heterocycles. The van der Waals surface area contributed by atoms with E-state index >= 15 is 0 Å². The topological polar surface area (TPSA) is 104 Å². The van der Waals surface area contributed by atoms with Crippen LogP contribution < -0.4 is 5.79 Å². The van der Waals surface area contributed by atoms with E-state index in [0.717, 1.165) is 0 Å². The van der Waals surface area contributed by atoms with Gasteiger partial charge in [-0.05, 0) is 0 Å². The normalized spacial score (nSPS) is 10.7. The van der Waals surface area contributed by atoms with Gasteiger partial charge in [0.05, 0.1) is 7.11 Å². The van der Waals surface area contributed by atoms with Crippen LogP contribution in [0.2, 0.25) is 0 Å². The van der Waals surface area contributed by atoms with E-state index in [4.69, 9.17) is 21.1 Å². The lowest BCUT2D eigenvalue weighted by molar-refractivity contribution is 0.0594. The molecule has 0 atom stereocenters. The predicted molar refractivity (Wildman–Crippen MR) is 64.2 cm³/mol. The summed E-state index contributed by atoms with van der Waals surface area (Å²) in [7, 11) is 6.61. The highest BCUT2D eigenvalue weighted by molar-refractivity contribution is 6.28. The molecule has 0 saturated carbocycles. The number of nitrogens with zero attached hydrogens (tertiary/aromatic N) is 3. The maximum absolute atomic E-state index is 11.3. The van der Waals surface area contributed by atoms with Crippen molar-refractivity contribution in [1.82, 2.24) is 15.0 Å². The van der Waals surface area contributed by atoms with Gasteiger partial charge < -0.3 is 18.0 Å². The van der Waals surface area contributed by atoms with Crippen LogP contribution in [0.5, 0.6) is 0 Å². The van der Waals surface area contributed by atoms with Gasteiger partial charge in [-0.25, -0.2) is 19.7 Å². The van der Waals surface area contributed by atoms with E-state index in [2.05, 4.69) is 19.7 Å². The number of ether oxygens (including phenoxy) is 1. The molecule has 0 fully saturated rings. The number of hydrogen-bond acceptors (Lipinski definition) is 8. The Bertz CT molecular complexity index is 760. The number of esters is 1. The average Bonchev–Trinajstić information content (AvgIpc) is 3.16. The highest BCUT2D eigenvalue weighted by Crippen LogP contribution is 2.22. The zero-order valence-corrected chi connectivity index (χ0v) is 10.2. The maximum atomic E-state index is 11.3. The van der Waals surface area contributed by atoms with Crippen LogP contribution in [-0.4, -0.2) is 35.9 Å². The number of carbonyl (C=O) groups excluding carboxylic acids is 1. The molecule has 0 unspecified atom stereocenters. The Morgan fingerprint density at radius 1 is 1.05 bits per heavy atom. The minimum atomic E-state index is -0.604. The minimum absolute atomic E-state index is 0.00357. The number of rotatable bonds is 3. The summed E-state index contributed by atoms with van der Waals surface area (Å²) in [6, 6.07) is 0. The molecule has 9 heteroatoms. The summed E-state index contributed by atoms with van der Waals surface area (Å²) in [5.74, 6) is -0.285. The fourth-order valence-electron chi connectivity index (χ4n) is 1.47. The number of hydrogen-bond donors (Lipinski definition) is 0. The van der Waals surface area contributed by atoms with E-state index in [-0.39, 0.29) is 23.3 Å². The Morgan fingerprint density at radius 2 is 1.70 bits per heavy atom. The van der Waals surface area contributed by atoms with Crippen molar-refractivity contribution in [2.24, 2.45) is 0 Å². The summed E-state index contributed by atoms with van der Waals surface area (Å²) in [6.07, 6.45) is 3.79. The van der Waals surface area contributed by atoms with Crippen LogP contribution in [0, 0.1) is 0 Å². The second-order valence-electron chi connectivity index (χ2n) is 3.64. The first-order chi connectivity index (χ1) is 9.67. The van der Waals surface area contributed by atoms with Crippen molar-refractivity contribution >= 4 is 19.6 Å². The lowest BCUT2D eigenvalue weighted by atomic mass is 10.2. The molecule has 3 aromatic rings. The summed E-state index contributed by atoms with van der Waals surface area (Å²) in [5, 5.41) is 0. The molecule has 0 spiro atoms. The van der Waals surface area contributed by atoms with E-state index in [1.165, 1.54) is 25.9 Å². The Labute approximate surface area is 113 Å². The Hall–Kier alpha value is -2.84. The van der Waals surface area contributed by atoms with E-state index in [1.54, 1.807) is 0 Å². The van der Waals surface area contributed by atoms with E-state index in [1.807, 2.05) is 0 Å². The van der Waals surface area contributed by atoms with Crippen LogP contribution in [-0.2, 0) is 4.74 Å². The van der Waals surface area contributed by atoms with Crippen LogP contribution in [0.25, 0.3) is 23.2 Å². The smallest absolute Gasteiger partial charge is 0.360 e. The van der Waals surface area contributed by atoms with Gasteiger partial charge in [0.25, 0.3) is 0 Å². The molecule has 98 valence electrons. The van der Waals surface area contributed by atoms with Crippen molar-refractivity contribution in [3.05, 3.63) is 24.5 Å². The standard InChI is InChI=1S/C11H6BN3O5/c1-17-10(16)7-4-19-8(14-7)5-2-18-9(13-5)6-3-20-11(12)15-6/h2-4H,1H3. The van der Waals surface area contributed by atoms with Gasteiger partial charge in [-0.15, -0.1) is 0 Å². The number of carbonyl (C=O) groups is 1. The molecule has 3 rings (SSSR count). The van der Waals surface area contributed by atoms with Gasteiger partial charge in [0.15, 0.2) is 24.9 Å². The third kappa shape index (κ3) is 2.09. The van der Waals surface area contributed by atoms with Gasteiger partial charge in [0.2, 0.25) is 11.8 Å². The van der Waals surface area contributed by atoms with Crippen LogP contribution in [0.3, 0.4) is 0 Å². The first-order valence-electron chi connectivity index (χ1n) is 5.38. The number of aromatic nitrogens is 3. The van der Waals surface area contributed by atoms with Gasteiger partial charge in [-0.1, -0.05) is 0 Å². The number of oxazole rings is 3. The zero-order chi connectivity index (χ0) is 14.1. The van der Waals surface area contributed by atoms with E-state index in [9.17, 15) is 4.79 Å². The second kappa shape index (κ2) is 4.69. The van der Waals surface area contributed by atoms with Crippen LogP contribution >= 0.6 is 0 Å². The molecule has 0 aliphatic rings. The summed E-state index contributed by atoms with van der Waals surface area (Å²) in [5.41, 5.74) is 0.683. The molecule has 8 nitrogen and oxygen atoms in total. The van der Waals surface area contributed by atoms with Gasteiger partial charge in [-0.2, -0.15) is 0 Å². The molecule has 0 aromatic carbocycles. The fraction of sp³-hybridized carbons (Fsp3) is 0.0909. The monoisotopic (exact) mass is 271 g/mol. The van der Waals surface area contributed by atoms with Gasteiger partial charge in [0.1, 0.15) is 24.6 Å². The molecule has 0 aliphatic heterocycles. The summed E-state index contributed by atoms with van der Waals surface area (Å²) < 4.78 is 19.7.